The number of aromatic nitrogens is 2. The van der Waals surface area contributed by atoms with Crippen LogP contribution in [0.4, 0.5) is 15.8 Å². The van der Waals surface area contributed by atoms with Crippen molar-refractivity contribution in [3.8, 4) is 5.69 Å². The number of halogens is 1. The lowest BCUT2D eigenvalue weighted by molar-refractivity contribution is 0.103. The van der Waals surface area contributed by atoms with Gasteiger partial charge in [-0.3, -0.25) is 4.79 Å². The van der Waals surface area contributed by atoms with Crippen LogP contribution in [0.15, 0.2) is 54.6 Å². The zero-order valence-corrected chi connectivity index (χ0v) is 19.7. The molecule has 0 aliphatic carbocycles. The van der Waals surface area contributed by atoms with Crippen molar-refractivity contribution in [3.05, 3.63) is 71.0 Å². The number of hydrogen-bond acceptors (Lipinski definition) is 4. The van der Waals surface area contributed by atoms with Crippen LogP contribution in [0, 0.1) is 18.7 Å². The standard InChI is InChI=1S/C26H27FN4OS/c1-3-18-11-13-30(14-12-18)23-10-9-19(15-22(23)27)28-25(32)24-16-21-17(2)29-31(26(21)33-24)20-7-5-4-6-8-20/h4-10,15-16,18H,3,11-14H2,1-2H3,(H,28,32). The SMILES string of the molecule is CCC1CCN(c2ccc(NC(=O)c3cc4c(C)nn(-c5ccccc5)c4s3)cc2F)CC1. The van der Waals surface area contributed by atoms with Gasteiger partial charge >= 0.3 is 0 Å². The summed E-state index contributed by atoms with van der Waals surface area (Å²) in [4.78, 5) is 16.5. The van der Waals surface area contributed by atoms with E-state index < -0.39 is 0 Å². The first-order valence-corrected chi connectivity index (χ1v) is 12.3. The molecular weight excluding hydrogens is 435 g/mol. The van der Waals surface area contributed by atoms with Crippen molar-refractivity contribution in [2.75, 3.05) is 23.3 Å². The van der Waals surface area contributed by atoms with Crippen LogP contribution >= 0.6 is 11.3 Å². The molecule has 33 heavy (non-hydrogen) atoms. The lowest BCUT2D eigenvalue weighted by Gasteiger charge is -2.33. The first-order valence-electron chi connectivity index (χ1n) is 11.4. The van der Waals surface area contributed by atoms with Gasteiger partial charge in [0.05, 0.1) is 21.9 Å². The Morgan fingerprint density at radius 1 is 1.15 bits per heavy atom. The summed E-state index contributed by atoms with van der Waals surface area (Å²) in [5.74, 6) is 0.197. The van der Waals surface area contributed by atoms with E-state index in [1.807, 2.05) is 48.0 Å². The summed E-state index contributed by atoms with van der Waals surface area (Å²) < 4.78 is 16.7. The summed E-state index contributed by atoms with van der Waals surface area (Å²) >= 11 is 1.39. The van der Waals surface area contributed by atoms with Gasteiger partial charge in [0.1, 0.15) is 10.6 Å². The molecule has 2 aromatic carbocycles. The lowest BCUT2D eigenvalue weighted by Crippen LogP contribution is -2.34. The number of para-hydroxylation sites is 1. The van der Waals surface area contributed by atoms with Crippen molar-refractivity contribution in [2.24, 2.45) is 5.92 Å². The van der Waals surface area contributed by atoms with Gasteiger partial charge in [0, 0.05) is 24.2 Å². The molecule has 1 saturated heterocycles. The van der Waals surface area contributed by atoms with E-state index in [2.05, 4.69) is 22.2 Å². The van der Waals surface area contributed by atoms with Crippen molar-refractivity contribution >= 4 is 38.8 Å². The van der Waals surface area contributed by atoms with E-state index in [4.69, 9.17) is 0 Å². The van der Waals surface area contributed by atoms with Gasteiger partial charge in [-0.1, -0.05) is 31.5 Å². The van der Waals surface area contributed by atoms with E-state index in [1.54, 1.807) is 12.1 Å². The van der Waals surface area contributed by atoms with E-state index in [1.165, 1.54) is 23.8 Å². The molecule has 3 heterocycles. The maximum atomic E-state index is 14.9. The Hall–Kier alpha value is -3.19. The van der Waals surface area contributed by atoms with Gasteiger partial charge in [0.15, 0.2) is 0 Å². The summed E-state index contributed by atoms with van der Waals surface area (Å²) in [5, 5.41) is 8.43. The molecule has 5 nitrogen and oxygen atoms in total. The monoisotopic (exact) mass is 462 g/mol. The molecule has 7 heteroatoms. The molecule has 0 bridgehead atoms. The first-order chi connectivity index (χ1) is 16.0. The van der Waals surface area contributed by atoms with E-state index >= 15 is 0 Å². The fourth-order valence-electron chi connectivity index (χ4n) is 4.52. The van der Waals surface area contributed by atoms with Crippen LogP contribution in [0.25, 0.3) is 15.9 Å². The number of rotatable bonds is 5. The van der Waals surface area contributed by atoms with Crippen molar-refractivity contribution in [1.82, 2.24) is 9.78 Å². The second kappa shape index (κ2) is 8.98. The zero-order valence-electron chi connectivity index (χ0n) is 18.8. The Morgan fingerprint density at radius 2 is 1.91 bits per heavy atom. The highest BCUT2D eigenvalue weighted by atomic mass is 32.1. The van der Waals surface area contributed by atoms with Crippen molar-refractivity contribution < 1.29 is 9.18 Å². The van der Waals surface area contributed by atoms with Gasteiger partial charge in [-0.15, -0.1) is 11.3 Å². The number of aryl methyl sites for hydroxylation is 1. The topological polar surface area (TPSA) is 50.2 Å². The minimum atomic E-state index is -0.297. The minimum absolute atomic E-state index is 0.244. The van der Waals surface area contributed by atoms with Gasteiger partial charge in [-0.05, 0) is 62.1 Å². The highest BCUT2D eigenvalue weighted by Gasteiger charge is 2.21. The van der Waals surface area contributed by atoms with Crippen LogP contribution < -0.4 is 10.2 Å². The van der Waals surface area contributed by atoms with E-state index in [0.29, 0.717) is 16.3 Å². The summed E-state index contributed by atoms with van der Waals surface area (Å²) in [6.45, 7) is 5.91. The van der Waals surface area contributed by atoms with Crippen LogP contribution in [0.2, 0.25) is 0 Å². The number of anilines is 2. The van der Waals surface area contributed by atoms with E-state index in [9.17, 15) is 9.18 Å². The van der Waals surface area contributed by atoms with Gasteiger partial charge < -0.3 is 10.2 Å². The molecule has 1 aliphatic rings. The highest BCUT2D eigenvalue weighted by molar-refractivity contribution is 7.20. The molecule has 4 aromatic rings. The highest BCUT2D eigenvalue weighted by Crippen LogP contribution is 2.32. The third kappa shape index (κ3) is 4.25. The van der Waals surface area contributed by atoms with Crippen molar-refractivity contribution in [2.45, 2.75) is 33.1 Å². The maximum Gasteiger partial charge on any atom is 0.265 e. The molecule has 2 aromatic heterocycles. The summed E-state index contributed by atoms with van der Waals surface area (Å²) in [7, 11) is 0. The van der Waals surface area contributed by atoms with Crippen LogP contribution in [0.3, 0.4) is 0 Å². The Bertz CT molecular complexity index is 1290. The Morgan fingerprint density at radius 3 is 2.61 bits per heavy atom. The third-order valence-electron chi connectivity index (χ3n) is 6.51. The average Bonchev–Trinajstić information content (AvgIpc) is 3.41. The fraction of sp³-hybridized carbons (Fsp3) is 0.308. The van der Waals surface area contributed by atoms with Gasteiger partial charge in [0.2, 0.25) is 0 Å². The number of thiophene rings is 1. The predicted molar refractivity (Wildman–Crippen MR) is 133 cm³/mol. The number of fused-ring (bicyclic) bond motifs is 1. The molecule has 1 N–H and O–H groups in total. The molecule has 1 amide bonds. The number of nitrogens with zero attached hydrogens (tertiary/aromatic N) is 3. The maximum absolute atomic E-state index is 14.9. The van der Waals surface area contributed by atoms with E-state index in [0.717, 1.165) is 53.4 Å². The third-order valence-corrected chi connectivity index (χ3v) is 7.62. The second-order valence-electron chi connectivity index (χ2n) is 8.62. The van der Waals surface area contributed by atoms with Crippen LogP contribution in [-0.4, -0.2) is 28.8 Å². The number of carbonyl (C=O) groups is 1. The quantitative estimate of drug-likeness (QED) is 0.373. The van der Waals surface area contributed by atoms with Crippen molar-refractivity contribution in [1.29, 1.82) is 0 Å². The molecule has 5 rings (SSSR count). The first kappa shape index (κ1) is 21.6. The fourth-order valence-corrected chi connectivity index (χ4v) is 5.60. The number of piperidine rings is 1. The number of benzene rings is 2. The Kier molecular flexibility index (Phi) is 5.89. The van der Waals surface area contributed by atoms with Gasteiger partial charge in [-0.25, -0.2) is 9.07 Å². The van der Waals surface area contributed by atoms with Gasteiger partial charge in [-0.2, -0.15) is 5.10 Å². The number of carbonyl (C=O) groups excluding carboxylic acids is 1. The molecule has 0 spiro atoms. The molecule has 0 radical (unpaired) electrons. The molecule has 1 aliphatic heterocycles. The smallest absolute Gasteiger partial charge is 0.265 e. The second-order valence-corrected chi connectivity index (χ2v) is 9.65. The lowest BCUT2D eigenvalue weighted by atomic mass is 9.94. The number of amides is 1. The minimum Gasteiger partial charge on any atom is -0.369 e. The predicted octanol–water partition coefficient (Wildman–Crippen LogP) is 6.41. The van der Waals surface area contributed by atoms with Crippen LogP contribution in [-0.2, 0) is 0 Å². The van der Waals surface area contributed by atoms with Crippen molar-refractivity contribution in [3.63, 3.8) is 0 Å². The Balaban J connectivity index is 1.34. The summed E-state index contributed by atoms with van der Waals surface area (Å²) in [5.41, 5.74) is 2.89. The molecule has 0 atom stereocenters. The van der Waals surface area contributed by atoms with Crippen LogP contribution in [0.1, 0.15) is 41.6 Å². The molecule has 170 valence electrons. The molecular formula is C26H27FN4OS. The van der Waals surface area contributed by atoms with E-state index in [-0.39, 0.29) is 11.7 Å². The number of hydrogen-bond donors (Lipinski definition) is 1. The average molecular weight is 463 g/mol. The largest absolute Gasteiger partial charge is 0.369 e. The van der Waals surface area contributed by atoms with Gasteiger partial charge in [0.25, 0.3) is 5.91 Å². The summed E-state index contributed by atoms with van der Waals surface area (Å²) in [6, 6.07) is 16.7. The zero-order chi connectivity index (χ0) is 22.9. The molecule has 0 unspecified atom stereocenters. The normalized spacial score (nSPS) is 14.7. The van der Waals surface area contributed by atoms with Crippen LogP contribution in [0.5, 0.6) is 0 Å². The molecule has 1 fully saturated rings. The molecule has 0 saturated carbocycles. The Labute approximate surface area is 196 Å². The number of nitrogens with one attached hydrogen (secondary N) is 1. The summed E-state index contributed by atoms with van der Waals surface area (Å²) in [6.07, 6.45) is 3.38.